The van der Waals surface area contributed by atoms with E-state index in [1.807, 2.05) is 18.2 Å². The molecule has 10 nitrogen and oxygen atoms in total. The van der Waals surface area contributed by atoms with Crippen molar-refractivity contribution >= 4 is 35.1 Å². The Labute approximate surface area is 261 Å². The van der Waals surface area contributed by atoms with Gasteiger partial charge >= 0.3 is 11.9 Å². The number of halogens is 1. The summed E-state index contributed by atoms with van der Waals surface area (Å²) in [5.74, 6) is -1.74. The van der Waals surface area contributed by atoms with Crippen LogP contribution in [0.1, 0.15) is 42.1 Å². The summed E-state index contributed by atoms with van der Waals surface area (Å²) in [7, 11) is 2.71. The lowest BCUT2D eigenvalue weighted by molar-refractivity contribution is -0.149. The molecule has 1 amide bonds. The van der Waals surface area contributed by atoms with Gasteiger partial charge in [-0.25, -0.2) is 0 Å². The van der Waals surface area contributed by atoms with Gasteiger partial charge in [-0.3, -0.25) is 19.3 Å². The summed E-state index contributed by atoms with van der Waals surface area (Å²) < 4.78 is 23.0. The molecule has 0 aromatic heterocycles. The highest BCUT2D eigenvalue weighted by Crippen LogP contribution is 2.45. The maximum atomic E-state index is 13.6. The first-order valence-electron chi connectivity index (χ1n) is 14.4. The number of carbonyl (C=O) groups excluding carboxylic acids is 2. The molecule has 4 rings (SSSR count). The zero-order valence-corrected chi connectivity index (χ0v) is 25.5. The maximum Gasteiger partial charge on any atom is 0.323 e. The first kappa shape index (κ1) is 32.8. The van der Waals surface area contributed by atoms with E-state index in [1.165, 1.54) is 19.8 Å². The number of ether oxygens (including phenoxy) is 4. The van der Waals surface area contributed by atoms with Gasteiger partial charge in [0.05, 0.1) is 32.9 Å². The molecule has 0 spiro atoms. The number of carboxylic acid groups (broad SMARTS) is 1. The molecular formula is C33H37ClN2O8. The largest absolute Gasteiger partial charge is 0.492 e. The Kier molecular flexibility index (Phi) is 12.0. The maximum absolute atomic E-state index is 13.6. The molecule has 234 valence electrons. The van der Waals surface area contributed by atoms with Crippen molar-refractivity contribution in [2.45, 2.75) is 37.9 Å². The van der Waals surface area contributed by atoms with Crippen molar-refractivity contribution in [3.8, 4) is 11.5 Å². The molecule has 0 saturated carbocycles. The lowest BCUT2D eigenvalue weighted by Gasteiger charge is -2.24. The highest BCUT2D eigenvalue weighted by Gasteiger charge is 2.40. The van der Waals surface area contributed by atoms with Gasteiger partial charge in [-0.05, 0) is 62.2 Å². The number of aryl methyl sites for hydroxylation is 1. The number of nitrogens with zero attached hydrogens (tertiary/aromatic N) is 1. The summed E-state index contributed by atoms with van der Waals surface area (Å²) in [4.78, 5) is 38.6. The van der Waals surface area contributed by atoms with Crippen molar-refractivity contribution in [3.63, 3.8) is 0 Å². The third-order valence-corrected chi connectivity index (χ3v) is 7.43. The van der Waals surface area contributed by atoms with Gasteiger partial charge in [0.15, 0.2) is 11.5 Å². The zero-order valence-electron chi connectivity index (χ0n) is 24.8. The fourth-order valence-corrected chi connectivity index (χ4v) is 5.30. The molecule has 0 aliphatic carbocycles. The van der Waals surface area contributed by atoms with Gasteiger partial charge in [-0.15, -0.1) is 0 Å². The van der Waals surface area contributed by atoms with Crippen LogP contribution in [0.4, 0.5) is 5.69 Å². The molecular weight excluding hydrogens is 588 g/mol. The van der Waals surface area contributed by atoms with Gasteiger partial charge in [0.1, 0.15) is 18.8 Å². The third kappa shape index (κ3) is 8.49. The molecule has 2 unspecified atom stereocenters. The Hall–Kier alpha value is -4.12. The lowest BCUT2D eigenvalue weighted by atomic mass is 9.98. The number of fused-ring (bicyclic) bond motifs is 1. The molecule has 11 heteroatoms. The number of carbonyl (C=O) groups is 3. The van der Waals surface area contributed by atoms with Crippen molar-refractivity contribution < 1.29 is 38.4 Å². The van der Waals surface area contributed by atoms with E-state index in [0.29, 0.717) is 39.9 Å². The summed E-state index contributed by atoms with van der Waals surface area (Å²) in [5.41, 5.74) is 2.58. The standard InChI is InChI=1S/C33H37ClN2O8/c1-41-30(39)20-28-33(40)36(21-29(37)38)26-15-14-23(34)19-25(26)31(44-28)24-12-6-13-27(32(24)42-2)43-18-8-17-35-16-7-11-22-9-4-3-5-10-22/h3-6,9-10,12-15,19,28,31,35H,7-8,11,16-18,20-21H2,1-2H3,(H,37,38). The molecule has 2 N–H and O–H groups in total. The van der Waals surface area contributed by atoms with E-state index in [4.69, 9.17) is 30.5 Å². The average Bonchev–Trinajstić information content (AvgIpc) is 3.12. The molecule has 0 fully saturated rings. The fraction of sp³-hybridized carbons (Fsp3) is 0.364. The Morgan fingerprint density at radius 3 is 2.50 bits per heavy atom. The van der Waals surface area contributed by atoms with E-state index in [0.717, 1.165) is 37.3 Å². The van der Waals surface area contributed by atoms with E-state index in [2.05, 4.69) is 17.4 Å². The third-order valence-electron chi connectivity index (χ3n) is 7.19. The summed E-state index contributed by atoms with van der Waals surface area (Å²) >= 11 is 6.37. The van der Waals surface area contributed by atoms with Crippen LogP contribution < -0.4 is 19.7 Å². The van der Waals surface area contributed by atoms with Gasteiger partial charge in [-0.1, -0.05) is 54.1 Å². The first-order valence-corrected chi connectivity index (χ1v) is 14.8. The summed E-state index contributed by atoms with van der Waals surface area (Å²) in [5, 5.41) is 13.4. The number of benzene rings is 3. The van der Waals surface area contributed by atoms with Crippen LogP contribution in [-0.4, -0.2) is 69.5 Å². The topological polar surface area (TPSA) is 124 Å². The number of esters is 1. The second-order valence-corrected chi connectivity index (χ2v) is 10.7. The van der Waals surface area contributed by atoms with Crippen LogP contribution in [0.15, 0.2) is 66.7 Å². The zero-order chi connectivity index (χ0) is 31.5. The van der Waals surface area contributed by atoms with E-state index in [-0.39, 0.29) is 0 Å². The highest BCUT2D eigenvalue weighted by molar-refractivity contribution is 6.30. The Balaban J connectivity index is 1.52. The quantitative estimate of drug-likeness (QED) is 0.181. The van der Waals surface area contributed by atoms with Crippen molar-refractivity contribution in [3.05, 3.63) is 88.4 Å². The van der Waals surface area contributed by atoms with Crippen LogP contribution in [0.3, 0.4) is 0 Å². The molecule has 1 aliphatic rings. The first-order chi connectivity index (χ1) is 21.3. The van der Waals surface area contributed by atoms with Crippen molar-refractivity contribution in [2.75, 3.05) is 45.4 Å². The number of nitrogens with one attached hydrogen (secondary N) is 1. The lowest BCUT2D eigenvalue weighted by Crippen LogP contribution is -2.43. The minimum atomic E-state index is -1.33. The number of amides is 1. The monoisotopic (exact) mass is 624 g/mol. The second-order valence-electron chi connectivity index (χ2n) is 10.2. The number of hydrogen-bond acceptors (Lipinski definition) is 8. The average molecular weight is 625 g/mol. The Bertz CT molecular complexity index is 1430. The van der Waals surface area contributed by atoms with Gasteiger partial charge in [0.2, 0.25) is 0 Å². The number of carboxylic acids is 1. The Morgan fingerprint density at radius 1 is 1.00 bits per heavy atom. The van der Waals surface area contributed by atoms with E-state index in [9.17, 15) is 19.5 Å². The molecule has 0 bridgehead atoms. The highest BCUT2D eigenvalue weighted by atomic mass is 35.5. The van der Waals surface area contributed by atoms with E-state index >= 15 is 0 Å². The molecule has 1 aliphatic heterocycles. The number of para-hydroxylation sites is 1. The van der Waals surface area contributed by atoms with Crippen LogP contribution in [-0.2, 0) is 30.3 Å². The van der Waals surface area contributed by atoms with Gasteiger partial charge in [0, 0.05) is 16.1 Å². The van der Waals surface area contributed by atoms with Crippen LogP contribution in [0, 0.1) is 0 Å². The minimum absolute atomic E-state index is 0.297. The van der Waals surface area contributed by atoms with Crippen molar-refractivity contribution in [1.82, 2.24) is 5.32 Å². The second kappa shape index (κ2) is 16.1. The van der Waals surface area contributed by atoms with E-state index < -0.39 is 43.0 Å². The van der Waals surface area contributed by atoms with Crippen LogP contribution in [0.2, 0.25) is 5.02 Å². The van der Waals surface area contributed by atoms with E-state index in [1.54, 1.807) is 36.4 Å². The predicted octanol–water partition coefficient (Wildman–Crippen LogP) is 4.81. The van der Waals surface area contributed by atoms with Crippen molar-refractivity contribution in [1.29, 1.82) is 0 Å². The number of methoxy groups -OCH3 is 2. The van der Waals surface area contributed by atoms with Crippen LogP contribution in [0.25, 0.3) is 0 Å². The summed E-state index contributed by atoms with van der Waals surface area (Å²) in [6.07, 6.45) is 0.117. The SMILES string of the molecule is COC(=O)CC1OC(c2cccc(OCCCNCCCc3ccccc3)c2OC)c2cc(Cl)ccc2N(CC(=O)O)C1=O. The summed E-state index contributed by atoms with van der Waals surface area (Å²) in [6, 6.07) is 20.4. The van der Waals surface area contributed by atoms with Crippen LogP contribution in [0.5, 0.6) is 11.5 Å². The summed E-state index contributed by atoms with van der Waals surface area (Å²) in [6.45, 7) is 1.47. The molecule has 3 aromatic rings. The number of hydrogen-bond donors (Lipinski definition) is 2. The molecule has 3 aromatic carbocycles. The molecule has 44 heavy (non-hydrogen) atoms. The minimum Gasteiger partial charge on any atom is -0.492 e. The Morgan fingerprint density at radius 2 is 1.77 bits per heavy atom. The van der Waals surface area contributed by atoms with Gasteiger partial charge in [0.25, 0.3) is 5.91 Å². The number of anilines is 1. The molecule has 2 atom stereocenters. The smallest absolute Gasteiger partial charge is 0.323 e. The molecule has 0 radical (unpaired) electrons. The normalized spacial score (nSPS) is 16.2. The van der Waals surface area contributed by atoms with Gasteiger partial charge in [-0.2, -0.15) is 0 Å². The number of aliphatic carboxylic acids is 1. The van der Waals surface area contributed by atoms with Gasteiger partial charge < -0.3 is 29.4 Å². The molecule has 1 heterocycles. The van der Waals surface area contributed by atoms with Crippen LogP contribution >= 0.6 is 11.6 Å². The predicted molar refractivity (Wildman–Crippen MR) is 166 cm³/mol. The molecule has 0 saturated heterocycles. The number of rotatable bonds is 15. The van der Waals surface area contributed by atoms with Crippen molar-refractivity contribution in [2.24, 2.45) is 0 Å². The fourth-order valence-electron chi connectivity index (χ4n) is 5.12.